The van der Waals surface area contributed by atoms with E-state index in [1.165, 1.54) is 31.4 Å². The van der Waals surface area contributed by atoms with E-state index < -0.39 is 11.7 Å². The first kappa shape index (κ1) is 16.7. The lowest BCUT2D eigenvalue weighted by atomic mass is 10.0. The van der Waals surface area contributed by atoms with Gasteiger partial charge in [0.2, 0.25) is 0 Å². The zero-order valence-corrected chi connectivity index (χ0v) is 11.8. The van der Waals surface area contributed by atoms with Crippen LogP contribution in [0.2, 0.25) is 0 Å². The van der Waals surface area contributed by atoms with Crippen LogP contribution in [-0.4, -0.2) is 5.78 Å². The van der Waals surface area contributed by atoms with Crippen molar-refractivity contribution in [3.05, 3.63) is 35.4 Å². The molecule has 0 bridgehead atoms. The summed E-state index contributed by atoms with van der Waals surface area (Å²) in [6, 6.07) is 4.47. The molecule has 0 unspecified atom stereocenters. The molecular formula is C16H21F3O. The fourth-order valence-corrected chi connectivity index (χ4v) is 2.06. The van der Waals surface area contributed by atoms with Crippen LogP contribution >= 0.6 is 0 Å². The minimum Gasteiger partial charge on any atom is -0.294 e. The molecule has 4 heteroatoms. The van der Waals surface area contributed by atoms with E-state index in [1.807, 2.05) is 0 Å². The average Bonchev–Trinajstić information content (AvgIpc) is 2.41. The van der Waals surface area contributed by atoms with Gasteiger partial charge in [0, 0.05) is 12.0 Å². The molecule has 112 valence electrons. The Morgan fingerprint density at radius 3 is 2.05 bits per heavy atom. The number of carbonyl (C=O) groups excluding carboxylic acids is 1. The zero-order chi connectivity index (χ0) is 15.0. The van der Waals surface area contributed by atoms with E-state index in [4.69, 9.17) is 0 Å². The Morgan fingerprint density at radius 1 is 0.950 bits per heavy atom. The van der Waals surface area contributed by atoms with Gasteiger partial charge in [0.05, 0.1) is 5.56 Å². The van der Waals surface area contributed by atoms with Crippen molar-refractivity contribution in [3.8, 4) is 0 Å². The number of benzene rings is 1. The van der Waals surface area contributed by atoms with Crippen molar-refractivity contribution in [2.45, 2.75) is 58.0 Å². The van der Waals surface area contributed by atoms with Crippen LogP contribution in [0.4, 0.5) is 13.2 Å². The summed E-state index contributed by atoms with van der Waals surface area (Å²) in [6.45, 7) is 2.15. The summed E-state index contributed by atoms with van der Waals surface area (Å²) in [6.07, 6.45) is 2.59. The van der Waals surface area contributed by atoms with Gasteiger partial charge < -0.3 is 0 Å². The summed E-state index contributed by atoms with van der Waals surface area (Å²) in [5.41, 5.74) is -0.347. The van der Waals surface area contributed by atoms with E-state index in [-0.39, 0.29) is 5.78 Å². The summed E-state index contributed by atoms with van der Waals surface area (Å²) in [5, 5.41) is 0. The molecule has 0 spiro atoms. The molecule has 0 heterocycles. The van der Waals surface area contributed by atoms with Crippen molar-refractivity contribution in [1.29, 1.82) is 0 Å². The van der Waals surface area contributed by atoms with Crippen LogP contribution in [0.5, 0.6) is 0 Å². The predicted molar refractivity (Wildman–Crippen MR) is 73.8 cm³/mol. The highest BCUT2D eigenvalue weighted by atomic mass is 19.4. The van der Waals surface area contributed by atoms with Crippen molar-refractivity contribution in [2.75, 3.05) is 0 Å². The summed E-state index contributed by atoms with van der Waals surface area (Å²) < 4.78 is 37.2. The molecule has 1 rings (SSSR count). The van der Waals surface area contributed by atoms with Crippen LogP contribution in [0.3, 0.4) is 0 Å². The summed E-state index contributed by atoms with van der Waals surface area (Å²) in [5.74, 6) is -0.0748. The van der Waals surface area contributed by atoms with Crippen LogP contribution in [0, 0.1) is 0 Å². The molecule has 0 saturated carbocycles. The first-order valence-electron chi connectivity index (χ1n) is 7.15. The second-order valence-electron chi connectivity index (χ2n) is 5.02. The number of halogens is 3. The topological polar surface area (TPSA) is 17.1 Å². The first-order chi connectivity index (χ1) is 9.45. The monoisotopic (exact) mass is 286 g/mol. The Balaban J connectivity index is 2.37. The molecule has 0 saturated heterocycles. The van der Waals surface area contributed by atoms with Gasteiger partial charge in [-0.2, -0.15) is 13.2 Å². The van der Waals surface area contributed by atoms with Gasteiger partial charge in [0.1, 0.15) is 0 Å². The minimum atomic E-state index is -4.35. The van der Waals surface area contributed by atoms with E-state index in [1.54, 1.807) is 0 Å². The second kappa shape index (κ2) is 8.08. The van der Waals surface area contributed by atoms with Crippen molar-refractivity contribution in [2.24, 2.45) is 0 Å². The molecule has 0 fully saturated rings. The standard InChI is InChI=1S/C16H21F3O/c1-2-3-4-5-6-7-8-15(20)13-9-11-14(12-10-13)16(17,18)19/h9-12H,2-8H2,1H3. The molecule has 0 amide bonds. The van der Waals surface area contributed by atoms with Crippen LogP contribution < -0.4 is 0 Å². The van der Waals surface area contributed by atoms with E-state index in [9.17, 15) is 18.0 Å². The van der Waals surface area contributed by atoms with Gasteiger partial charge in [-0.3, -0.25) is 4.79 Å². The minimum absolute atomic E-state index is 0.0748. The molecule has 0 aromatic heterocycles. The lowest BCUT2D eigenvalue weighted by Crippen LogP contribution is -2.06. The summed E-state index contributed by atoms with van der Waals surface area (Å²) in [4.78, 5) is 11.8. The van der Waals surface area contributed by atoms with Crippen LogP contribution in [0.15, 0.2) is 24.3 Å². The van der Waals surface area contributed by atoms with Gasteiger partial charge in [-0.1, -0.05) is 51.2 Å². The molecule has 0 aliphatic carbocycles. The molecule has 0 aliphatic rings. The molecule has 20 heavy (non-hydrogen) atoms. The second-order valence-corrected chi connectivity index (χ2v) is 5.02. The van der Waals surface area contributed by atoms with E-state index >= 15 is 0 Å². The number of ketones is 1. The molecule has 0 radical (unpaired) electrons. The van der Waals surface area contributed by atoms with Crippen LogP contribution in [-0.2, 0) is 6.18 Å². The Kier molecular flexibility index (Phi) is 6.76. The number of hydrogen-bond donors (Lipinski definition) is 0. The highest BCUT2D eigenvalue weighted by Crippen LogP contribution is 2.29. The normalized spacial score (nSPS) is 11.6. The van der Waals surface area contributed by atoms with Crippen LogP contribution in [0.25, 0.3) is 0 Å². The van der Waals surface area contributed by atoms with Gasteiger partial charge in [-0.05, 0) is 18.6 Å². The van der Waals surface area contributed by atoms with Gasteiger partial charge in [-0.15, -0.1) is 0 Å². The molecule has 0 atom stereocenters. The third-order valence-electron chi connectivity index (χ3n) is 3.29. The fraction of sp³-hybridized carbons (Fsp3) is 0.562. The van der Waals surface area contributed by atoms with E-state index in [2.05, 4.69) is 6.92 Å². The lowest BCUT2D eigenvalue weighted by Gasteiger charge is -2.07. The molecule has 0 N–H and O–H groups in total. The summed E-state index contributed by atoms with van der Waals surface area (Å²) >= 11 is 0. The smallest absolute Gasteiger partial charge is 0.294 e. The van der Waals surface area contributed by atoms with Crippen molar-refractivity contribution < 1.29 is 18.0 Å². The van der Waals surface area contributed by atoms with Gasteiger partial charge >= 0.3 is 6.18 Å². The lowest BCUT2D eigenvalue weighted by molar-refractivity contribution is -0.137. The highest BCUT2D eigenvalue weighted by Gasteiger charge is 2.30. The first-order valence-corrected chi connectivity index (χ1v) is 7.15. The Morgan fingerprint density at radius 2 is 1.50 bits per heavy atom. The molecule has 1 aromatic rings. The number of rotatable bonds is 8. The van der Waals surface area contributed by atoms with Gasteiger partial charge in [-0.25, -0.2) is 0 Å². The Hall–Kier alpha value is -1.32. The number of hydrogen-bond acceptors (Lipinski definition) is 1. The maximum atomic E-state index is 12.4. The number of unbranched alkanes of at least 4 members (excludes halogenated alkanes) is 5. The van der Waals surface area contributed by atoms with E-state index in [0.717, 1.165) is 31.4 Å². The molecular weight excluding hydrogens is 265 g/mol. The number of Topliss-reactive ketones (excluding diaryl/α,β-unsaturated/α-hetero) is 1. The van der Waals surface area contributed by atoms with Gasteiger partial charge in [0.15, 0.2) is 5.78 Å². The SMILES string of the molecule is CCCCCCCCC(=O)c1ccc(C(F)(F)F)cc1. The Bertz CT molecular complexity index is 407. The highest BCUT2D eigenvalue weighted by molar-refractivity contribution is 5.96. The van der Waals surface area contributed by atoms with Crippen molar-refractivity contribution in [3.63, 3.8) is 0 Å². The quantitative estimate of drug-likeness (QED) is 0.446. The zero-order valence-electron chi connectivity index (χ0n) is 11.8. The maximum absolute atomic E-state index is 12.4. The third kappa shape index (κ3) is 5.76. The maximum Gasteiger partial charge on any atom is 0.416 e. The number of alkyl halides is 3. The summed E-state index contributed by atoms with van der Waals surface area (Å²) in [7, 11) is 0. The Labute approximate surface area is 118 Å². The molecule has 1 aromatic carbocycles. The van der Waals surface area contributed by atoms with Gasteiger partial charge in [0.25, 0.3) is 0 Å². The van der Waals surface area contributed by atoms with Crippen molar-refractivity contribution in [1.82, 2.24) is 0 Å². The largest absolute Gasteiger partial charge is 0.416 e. The molecule has 0 aliphatic heterocycles. The number of carbonyl (C=O) groups is 1. The fourth-order valence-electron chi connectivity index (χ4n) is 2.06. The van der Waals surface area contributed by atoms with E-state index in [0.29, 0.717) is 12.0 Å². The van der Waals surface area contributed by atoms with Crippen LogP contribution in [0.1, 0.15) is 67.8 Å². The van der Waals surface area contributed by atoms with Crippen molar-refractivity contribution >= 4 is 5.78 Å². The molecule has 1 nitrogen and oxygen atoms in total. The predicted octanol–water partition coefficient (Wildman–Crippen LogP) is 5.64. The average molecular weight is 286 g/mol. The third-order valence-corrected chi connectivity index (χ3v) is 3.29.